The van der Waals surface area contributed by atoms with Gasteiger partial charge in [0.05, 0.1) is 0 Å². The summed E-state index contributed by atoms with van der Waals surface area (Å²) in [6.45, 7) is 2.85. The Morgan fingerprint density at radius 2 is 1.72 bits per heavy atom. The van der Waals surface area contributed by atoms with Gasteiger partial charge in [-0.3, -0.25) is 9.59 Å². The van der Waals surface area contributed by atoms with E-state index in [1.165, 1.54) is 19.3 Å². The van der Waals surface area contributed by atoms with E-state index in [1.54, 1.807) is 16.8 Å². The van der Waals surface area contributed by atoms with Crippen molar-refractivity contribution in [3.8, 4) is 0 Å². The second-order valence-corrected chi connectivity index (χ2v) is 5.25. The molecule has 102 valence electrons. The quantitative estimate of drug-likeness (QED) is 0.680. The molecule has 2 fully saturated rings. The van der Waals surface area contributed by atoms with Gasteiger partial charge in [0, 0.05) is 39.3 Å². The molecule has 0 aromatic carbocycles. The Kier molecular flexibility index (Phi) is 4.58. The van der Waals surface area contributed by atoms with Gasteiger partial charge in [-0.25, -0.2) is 0 Å². The minimum atomic E-state index is -0.330. The number of piperazine rings is 1. The van der Waals surface area contributed by atoms with E-state index in [2.05, 4.69) is 5.32 Å². The molecule has 1 saturated carbocycles. The zero-order valence-electron chi connectivity index (χ0n) is 11.2. The van der Waals surface area contributed by atoms with Crippen LogP contribution in [0.5, 0.6) is 0 Å². The van der Waals surface area contributed by atoms with Crippen molar-refractivity contribution in [3.63, 3.8) is 0 Å². The van der Waals surface area contributed by atoms with Crippen LogP contribution in [0.15, 0.2) is 0 Å². The van der Waals surface area contributed by atoms with E-state index in [0.29, 0.717) is 13.1 Å². The molecule has 2 rings (SSSR count). The topological polar surface area (TPSA) is 52.7 Å². The Morgan fingerprint density at radius 1 is 1.11 bits per heavy atom. The van der Waals surface area contributed by atoms with Crippen LogP contribution < -0.4 is 5.32 Å². The first kappa shape index (κ1) is 13.3. The molecule has 2 aliphatic rings. The van der Waals surface area contributed by atoms with Crippen LogP contribution in [-0.4, -0.2) is 60.9 Å². The third-order valence-corrected chi connectivity index (χ3v) is 4.03. The summed E-state index contributed by atoms with van der Waals surface area (Å²) in [5.41, 5.74) is 0. The van der Waals surface area contributed by atoms with E-state index in [4.69, 9.17) is 0 Å². The van der Waals surface area contributed by atoms with Gasteiger partial charge in [-0.05, 0) is 12.8 Å². The van der Waals surface area contributed by atoms with Crippen LogP contribution in [0.3, 0.4) is 0 Å². The fraction of sp³-hybridized carbons (Fsp3) is 0.846. The predicted molar refractivity (Wildman–Crippen MR) is 69.1 cm³/mol. The van der Waals surface area contributed by atoms with Crippen LogP contribution >= 0.6 is 0 Å². The Hall–Kier alpha value is -1.10. The predicted octanol–water partition coefficient (Wildman–Crippen LogP) is 0.209. The zero-order valence-corrected chi connectivity index (χ0v) is 11.2. The van der Waals surface area contributed by atoms with Gasteiger partial charge in [0.25, 0.3) is 0 Å². The summed E-state index contributed by atoms with van der Waals surface area (Å²) in [7, 11) is 1.78. The Bertz CT molecular complexity index is 307. The molecular formula is C13H23N3O2. The zero-order chi connectivity index (χ0) is 13.0. The lowest BCUT2D eigenvalue weighted by atomic mass is 9.94. The molecule has 1 aliphatic heterocycles. The van der Waals surface area contributed by atoms with Gasteiger partial charge in [0.2, 0.25) is 0 Å². The van der Waals surface area contributed by atoms with Gasteiger partial charge in [0.15, 0.2) is 0 Å². The first-order valence-corrected chi connectivity index (χ1v) is 6.97. The molecule has 0 spiro atoms. The van der Waals surface area contributed by atoms with E-state index in [1.807, 2.05) is 0 Å². The molecule has 5 nitrogen and oxygen atoms in total. The van der Waals surface area contributed by atoms with E-state index >= 15 is 0 Å². The minimum absolute atomic E-state index is 0.262. The number of carbonyl (C=O) groups is 2. The van der Waals surface area contributed by atoms with Crippen molar-refractivity contribution in [1.82, 2.24) is 15.1 Å². The highest BCUT2D eigenvalue weighted by Gasteiger charge is 2.30. The van der Waals surface area contributed by atoms with Gasteiger partial charge in [-0.1, -0.05) is 19.3 Å². The van der Waals surface area contributed by atoms with Gasteiger partial charge in [0.1, 0.15) is 0 Å². The van der Waals surface area contributed by atoms with Crippen LogP contribution in [0.2, 0.25) is 0 Å². The van der Waals surface area contributed by atoms with Crippen molar-refractivity contribution in [2.45, 2.75) is 38.1 Å². The van der Waals surface area contributed by atoms with Gasteiger partial charge in [-0.2, -0.15) is 0 Å². The number of nitrogens with one attached hydrogen (secondary N) is 1. The van der Waals surface area contributed by atoms with Crippen LogP contribution in [0.25, 0.3) is 0 Å². The van der Waals surface area contributed by atoms with Gasteiger partial charge in [-0.15, -0.1) is 0 Å². The fourth-order valence-corrected chi connectivity index (χ4v) is 2.79. The lowest BCUT2D eigenvalue weighted by Crippen LogP contribution is -2.53. The van der Waals surface area contributed by atoms with E-state index in [9.17, 15) is 9.59 Å². The molecule has 18 heavy (non-hydrogen) atoms. The van der Waals surface area contributed by atoms with Crippen LogP contribution in [0, 0.1) is 0 Å². The highest BCUT2D eigenvalue weighted by molar-refractivity contribution is 6.34. The maximum absolute atomic E-state index is 12.2. The SMILES string of the molecule is CN(C(=O)C(=O)N1CCNCC1)C1CCCCC1. The van der Waals surface area contributed by atoms with Crippen LogP contribution in [0.4, 0.5) is 0 Å². The van der Waals surface area contributed by atoms with Crippen molar-refractivity contribution in [2.24, 2.45) is 0 Å². The second-order valence-electron chi connectivity index (χ2n) is 5.25. The average molecular weight is 253 g/mol. The monoisotopic (exact) mass is 253 g/mol. The summed E-state index contributed by atoms with van der Waals surface area (Å²) < 4.78 is 0. The number of hydrogen-bond acceptors (Lipinski definition) is 3. The van der Waals surface area contributed by atoms with Crippen LogP contribution in [-0.2, 0) is 9.59 Å². The Balaban J connectivity index is 1.90. The maximum atomic E-state index is 12.2. The lowest BCUT2D eigenvalue weighted by Gasteiger charge is -2.33. The number of likely N-dealkylation sites (N-methyl/N-ethyl adjacent to an activating group) is 1. The molecule has 0 aromatic rings. The summed E-state index contributed by atoms with van der Waals surface area (Å²) in [6.07, 6.45) is 5.67. The highest BCUT2D eigenvalue weighted by atomic mass is 16.2. The molecule has 5 heteroatoms. The third-order valence-electron chi connectivity index (χ3n) is 4.03. The minimum Gasteiger partial charge on any atom is -0.335 e. The van der Waals surface area contributed by atoms with Crippen molar-refractivity contribution in [1.29, 1.82) is 0 Å². The first-order chi connectivity index (χ1) is 8.70. The summed E-state index contributed by atoms with van der Waals surface area (Å²) >= 11 is 0. The van der Waals surface area contributed by atoms with E-state index in [-0.39, 0.29) is 17.9 Å². The molecule has 1 heterocycles. The summed E-state index contributed by atoms with van der Waals surface area (Å²) in [5.74, 6) is -0.659. The van der Waals surface area contributed by atoms with Crippen molar-refractivity contribution in [3.05, 3.63) is 0 Å². The van der Waals surface area contributed by atoms with Crippen LogP contribution in [0.1, 0.15) is 32.1 Å². The fourth-order valence-electron chi connectivity index (χ4n) is 2.79. The molecule has 1 saturated heterocycles. The van der Waals surface area contributed by atoms with Crippen molar-refractivity contribution >= 4 is 11.8 Å². The van der Waals surface area contributed by atoms with E-state index in [0.717, 1.165) is 25.9 Å². The highest BCUT2D eigenvalue weighted by Crippen LogP contribution is 2.21. The maximum Gasteiger partial charge on any atom is 0.312 e. The molecule has 0 unspecified atom stereocenters. The molecular weight excluding hydrogens is 230 g/mol. The molecule has 0 radical (unpaired) electrons. The van der Waals surface area contributed by atoms with Gasteiger partial charge >= 0.3 is 11.8 Å². The summed E-state index contributed by atoms with van der Waals surface area (Å²) in [4.78, 5) is 27.6. The summed E-state index contributed by atoms with van der Waals surface area (Å²) in [5, 5.41) is 3.18. The molecule has 0 atom stereocenters. The second kappa shape index (κ2) is 6.18. The standard InChI is InChI=1S/C13H23N3O2/c1-15(11-5-3-2-4-6-11)12(17)13(18)16-9-7-14-8-10-16/h11,14H,2-10H2,1H3. The Labute approximate surface area is 108 Å². The Morgan fingerprint density at radius 3 is 2.33 bits per heavy atom. The molecule has 0 aromatic heterocycles. The van der Waals surface area contributed by atoms with Crippen molar-refractivity contribution < 1.29 is 9.59 Å². The average Bonchev–Trinajstić information content (AvgIpc) is 2.47. The number of nitrogens with zero attached hydrogens (tertiary/aromatic N) is 2. The normalized spacial score (nSPS) is 21.7. The smallest absolute Gasteiger partial charge is 0.312 e. The van der Waals surface area contributed by atoms with Gasteiger partial charge < -0.3 is 15.1 Å². The largest absolute Gasteiger partial charge is 0.335 e. The van der Waals surface area contributed by atoms with E-state index < -0.39 is 0 Å². The van der Waals surface area contributed by atoms with Crippen molar-refractivity contribution in [2.75, 3.05) is 33.2 Å². The number of hydrogen-bond donors (Lipinski definition) is 1. The first-order valence-electron chi connectivity index (χ1n) is 6.97. The molecule has 1 aliphatic carbocycles. The molecule has 0 bridgehead atoms. The number of carbonyl (C=O) groups excluding carboxylic acids is 2. The lowest BCUT2D eigenvalue weighted by molar-refractivity contribution is -0.153. The summed E-state index contributed by atoms with van der Waals surface area (Å²) in [6, 6.07) is 0.262. The molecule has 1 N–H and O–H groups in total. The number of rotatable bonds is 1. The molecule has 2 amide bonds. The number of amides is 2. The third kappa shape index (κ3) is 3.02.